The number of H-pyrrole nitrogens is 1. The lowest BCUT2D eigenvalue weighted by atomic mass is 10.1. The minimum Gasteiger partial charge on any atom is -0.457 e. The third kappa shape index (κ3) is 4.16. The molecule has 1 heterocycles. The summed E-state index contributed by atoms with van der Waals surface area (Å²) in [6.45, 7) is 1.26. The molecule has 0 radical (unpaired) electrons. The first-order chi connectivity index (χ1) is 12.5. The van der Waals surface area contributed by atoms with E-state index in [2.05, 4.69) is 10.3 Å². The molecule has 1 amide bonds. The van der Waals surface area contributed by atoms with Crippen molar-refractivity contribution in [2.75, 3.05) is 5.32 Å². The molecule has 132 valence electrons. The quantitative estimate of drug-likeness (QED) is 0.723. The first-order valence-electron chi connectivity index (χ1n) is 7.98. The number of pyridine rings is 1. The zero-order valence-electron chi connectivity index (χ0n) is 14.1. The minimum absolute atomic E-state index is 0.181. The topological polar surface area (TPSA) is 71.2 Å². The Balaban J connectivity index is 1.91. The molecule has 0 saturated carbocycles. The fourth-order valence-corrected chi connectivity index (χ4v) is 2.38. The van der Waals surface area contributed by atoms with Gasteiger partial charge in [0.15, 0.2) is 0 Å². The molecule has 0 fully saturated rings. The molecular formula is C20H17FN2O3. The van der Waals surface area contributed by atoms with Gasteiger partial charge in [0.25, 0.3) is 5.91 Å². The highest BCUT2D eigenvalue weighted by molar-refractivity contribution is 6.06. The average Bonchev–Trinajstić information content (AvgIpc) is 2.64. The number of halogens is 1. The molecule has 0 atom stereocenters. The highest BCUT2D eigenvalue weighted by Crippen LogP contribution is 2.27. The molecule has 0 saturated heterocycles. The zero-order valence-corrected chi connectivity index (χ0v) is 14.1. The van der Waals surface area contributed by atoms with Crippen LogP contribution in [0.4, 0.5) is 10.1 Å². The van der Waals surface area contributed by atoms with Crippen molar-refractivity contribution in [3.63, 3.8) is 0 Å². The molecule has 0 unspecified atom stereocenters. The lowest BCUT2D eigenvalue weighted by Crippen LogP contribution is -2.15. The van der Waals surface area contributed by atoms with Gasteiger partial charge in [0.05, 0.1) is 5.56 Å². The number of aromatic amines is 1. The van der Waals surface area contributed by atoms with Crippen molar-refractivity contribution in [3.8, 4) is 11.5 Å². The smallest absolute Gasteiger partial charge is 0.259 e. The molecule has 0 aliphatic rings. The molecule has 0 bridgehead atoms. The Kier molecular flexibility index (Phi) is 5.12. The Morgan fingerprint density at radius 3 is 2.58 bits per heavy atom. The molecule has 2 aromatic carbocycles. The molecule has 0 aliphatic carbocycles. The average molecular weight is 352 g/mol. The van der Waals surface area contributed by atoms with Crippen LogP contribution in [0.2, 0.25) is 0 Å². The first kappa shape index (κ1) is 17.4. The van der Waals surface area contributed by atoms with Gasteiger partial charge in [-0.25, -0.2) is 4.39 Å². The number of amides is 1. The lowest BCUT2D eigenvalue weighted by molar-refractivity contribution is 0.102. The molecule has 0 spiro atoms. The number of alkyl halides is 1. The predicted molar refractivity (Wildman–Crippen MR) is 97.5 cm³/mol. The number of carbonyl (C=O) groups excluding carboxylic acids is 1. The summed E-state index contributed by atoms with van der Waals surface area (Å²) in [7, 11) is 0. The van der Waals surface area contributed by atoms with Crippen LogP contribution in [0.1, 0.15) is 21.5 Å². The van der Waals surface area contributed by atoms with Gasteiger partial charge in [0, 0.05) is 18.0 Å². The summed E-state index contributed by atoms with van der Waals surface area (Å²) in [6, 6.07) is 14.7. The maximum Gasteiger partial charge on any atom is 0.259 e. The van der Waals surface area contributed by atoms with Crippen molar-refractivity contribution in [1.82, 2.24) is 4.98 Å². The number of hydrogen-bond donors (Lipinski definition) is 2. The van der Waals surface area contributed by atoms with Gasteiger partial charge in [-0.05, 0) is 42.8 Å². The largest absolute Gasteiger partial charge is 0.457 e. The fraction of sp³-hybridized carbons (Fsp3) is 0.100. The van der Waals surface area contributed by atoms with E-state index in [1.54, 1.807) is 30.3 Å². The monoisotopic (exact) mass is 352 g/mol. The summed E-state index contributed by atoms with van der Waals surface area (Å²) < 4.78 is 18.8. The SMILES string of the molecule is Cc1ccc(Oc2ccc(CF)cc2C(=O)Nc2cc[nH]c(=O)c2)cc1. The van der Waals surface area contributed by atoms with E-state index >= 15 is 0 Å². The van der Waals surface area contributed by atoms with Crippen molar-refractivity contribution in [2.24, 2.45) is 0 Å². The third-order valence-electron chi connectivity index (χ3n) is 3.72. The van der Waals surface area contributed by atoms with E-state index in [-0.39, 0.29) is 11.1 Å². The van der Waals surface area contributed by atoms with E-state index in [1.165, 1.54) is 18.3 Å². The van der Waals surface area contributed by atoms with Crippen LogP contribution in [0.3, 0.4) is 0 Å². The molecule has 0 aliphatic heterocycles. The van der Waals surface area contributed by atoms with Gasteiger partial charge in [-0.1, -0.05) is 23.8 Å². The standard InChI is InChI=1S/C20H17FN2O3/c1-13-2-5-16(6-3-13)26-18-7-4-14(12-21)10-17(18)20(25)23-15-8-9-22-19(24)11-15/h2-11H,12H2,1H3,(H2,22,23,24,25). The molecule has 3 rings (SSSR count). The first-order valence-corrected chi connectivity index (χ1v) is 7.98. The van der Waals surface area contributed by atoms with E-state index in [9.17, 15) is 14.0 Å². The van der Waals surface area contributed by atoms with Gasteiger partial charge in [-0.2, -0.15) is 0 Å². The normalized spacial score (nSPS) is 10.4. The minimum atomic E-state index is -0.698. The van der Waals surface area contributed by atoms with Crippen molar-refractivity contribution in [2.45, 2.75) is 13.6 Å². The summed E-state index contributed by atoms with van der Waals surface area (Å²) >= 11 is 0. The molecule has 6 heteroatoms. The van der Waals surface area contributed by atoms with Gasteiger partial charge < -0.3 is 15.0 Å². The molecule has 1 aromatic heterocycles. The van der Waals surface area contributed by atoms with Crippen molar-refractivity contribution in [1.29, 1.82) is 0 Å². The van der Waals surface area contributed by atoms with Gasteiger partial charge in [0.1, 0.15) is 18.2 Å². The Morgan fingerprint density at radius 1 is 1.12 bits per heavy atom. The van der Waals surface area contributed by atoms with E-state index in [1.807, 2.05) is 19.1 Å². The van der Waals surface area contributed by atoms with Crippen LogP contribution in [0.25, 0.3) is 0 Å². The number of nitrogens with one attached hydrogen (secondary N) is 2. The predicted octanol–water partition coefficient (Wildman–Crippen LogP) is 4.20. The van der Waals surface area contributed by atoms with Crippen LogP contribution in [0.5, 0.6) is 11.5 Å². The number of anilines is 1. The van der Waals surface area contributed by atoms with Gasteiger partial charge in [-0.15, -0.1) is 0 Å². The molecule has 5 nitrogen and oxygen atoms in total. The second kappa shape index (κ2) is 7.65. The van der Waals surface area contributed by atoms with E-state index in [0.29, 0.717) is 22.7 Å². The van der Waals surface area contributed by atoms with Gasteiger partial charge in [0.2, 0.25) is 5.56 Å². The number of benzene rings is 2. The van der Waals surface area contributed by atoms with Crippen molar-refractivity contribution < 1.29 is 13.9 Å². The number of carbonyl (C=O) groups is 1. The number of ether oxygens (including phenoxy) is 1. The Hall–Kier alpha value is -3.41. The van der Waals surface area contributed by atoms with E-state index in [4.69, 9.17) is 4.74 Å². The van der Waals surface area contributed by atoms with Crippen molar-refractivity contribution in [3.05, 3.63) is 87.8 Å². The summed E-state index contributed by atoms with van der Waals surface area (Å²) in [5.41, 5.74) is 1.62. The van der Waals surface area contributed by atoms with E-state index in [0.717, 1.165) is 5.56 Å². The summed E-state index contributed by atoms with van der Waals surface area (Å²) in [5.74, 6) is 0.371. The highest BCUT2D eigenvalue weighted by atomic mass is 19.1. The summed E-state index contributed by atoms with van der Waals surface area (Å²) in [6.07, 6.45) is 1.43. The van der Waals surface area contributed by atoms with Crippen LogP contribution in [0, 0.1) is 6.92 Å². The van der Waals surface area contributed by atoms with Crippen LogP contribution in [-0.2, 0) is 6.67 Å². The molecule has 2 N–H and O–H groups in total. The number of aromatic nitrogens is 1. The zero-order chi connectivity index (χ0) is 18.5. The number of hydrogen-bond acceptors (Lipinski definition) is 3. The van der Waals surface area contributed by atoms with Gasteiger partial charge >= 0.3 is 0 Å². The molecule has 3 aromatic rings. The Labute approximate surface area is 149 Å². The highest BCUT2D eigenvalue weighted by Gasteiger charge is 2.15. The third-order valence-corrected chi connectivity index (χ3v) is 3.72. The lowest BCUT2D eigenvalue weighted by Gasteiger charge is -2.13. The molecule has 26 heavy (non-hydrogen) atoms. The van der Waals surface area contributed by atoms with Crippen LogP contribution < -0.4 is 15.6 Å². The maximum atomic E-state index is 13.0. The van der Waals surface area contributed by atoms with Gasteiger partial charge in [-0.3, -0.25) is 9.59 Å². The maximum absolute atomic E-state index is 13.0. The van der Waals surface area contributed by atoms with Crippen molar-refractivity contribution >= 4 is 11.6 Å². The number of aryl methyl sites for hydroxylation is 1. The fourth-order valence-electron chi connectivity index (χ4n) is 2.38. The second-order valence-corrected chi connectivity index (χ2v) is 5.77. The van der Waals surface area contributed by atoms with Crippen LogP contribution in [0.15, 0.2) is 65.6 Å². The molecular weight excluding hydrogens is 335 g/mol. The van der Waals surface area contributed by atoms with Crippen LogP contribution >= 0.6 is 0 Å². The number of rotatable bonds is 5. The Morgan fingerprint density at radius 2 is 1.88 bits per heavy atom. The van der Waals surface area contributed by atoms with Crippen LogP contribution in [-0.4, -0.2) is 10.9 Å². The second-order valence-electron chi connectivity index (χ2n) is 5.77. The summed E-state index contributed by atoms with van der Waals surface area (Å²) in [5, 5.41) is 2.62. The van der Waals surface area contributed by atoms with E-state index < -0.39 is 12.6 Å². The summed E-state index contributed by atoms with van der Waals surface area (Å²) in [4.78, 5) is 26.5. The Bertz CT molecular complexity index is 981.